The van der Waals surface area contributed by atoms with Gasteiger partial charge in [-0.1, -0.05) is 24.0 Å². The van der Waals surface area contributed by atoms with Gasteiger partial charge in [0.2, 0.25) is 0 Å². The number of anilines is 2. The molecule has 2 aromatic carbocycles. The van der Waals surface area contributed by atoms with Crippen LogP contribution in [0.25, 0.3) is 10.1 Å². The van der Waals surface area contributed by atoms with Crippen LogP contribution in [-0.2, 0) is 16.3 Å². The van der Waals surface area contributed by atoms with Crippen molar-refractivity contribution >= 4 is 48.5 Å². The highest BCUT2D eigenvalue weighted by Gasteiger charge is 2.31. The molecule has 0 bridgehead atoms. The number of amides is 1. The minimum atomic E-state index is -4.49. The molecule has 2 heterocycles. The van der Waals surface area contributed by atoms with Gasteiger partial charge in [-0.3, -0.25) is 4.79 Å². The molecule has 8 nitrogen and oxygen atoms in total. The zero-order chi connectivity index (χ0) is 30.5. The predicted octanol–water partition coefficient (Wildman–Crippen LogP) is 4.86. The van der Waals surface area contributed by atoms with Crippen molar-refractivity contribution in [2.45, 2.75) is 31.5 Å². The van der Waals surface area contributed by atoms with Gasteiger partial charge in [-0.05, 0) is 35.9 Å². The number of rotatable bonds is 8. The molecule has 0 saturated carbocycles. The van der Waals surface area contributed by atoms with Crippen molar-refractivity contribution in [3.05, 3.63) is 52.2 Å². The van der Waals surface area contributed by atoms with Gasteiger partial charge in [0.05, 0.1) is 51.0 Å². The minimum absolute atomic E-state index is 0.0314. The molecule has 0 aliphatic carbocycles. The summed E-state index contributed by atoms with van der Waals surface area (Å²) in [6, 6.07) is 8.82. The number of sulfone groups is 1. The van der Waals surface area contributed by atoms with Crippen LogP contribution in [0, 0.1) is 29.0 Å². The van der Waals surface area contributed by atoms with E-state index in [0.29, 0.717) is 28.6 Å². The number of benzene rings is 2. The van der Waals surface area contributed by atoms with Gasteiger partial charge in [0.1, 0.15) is 27.5 Å². The third kappa shape index (κ3) is 7.63. The summed E-state index contributed by atoms with van der Waals surface area (Å²) in [6.07, 6.45) is -4.86. The minimum Gasteiger partial charge on any atom is -0.477 e. The number of nitriles is 1. The molecule has 0 spiro atoms. The summed E-state index contributed by atoms with van der Waals surface area (Å²) in [6.45, 7) is -0.474. The van der Waals surface area contributed by atoms with E-state index in [1.807, 2.05) is 0 Å². The number of carbonyl (C=O) groups is 1. The average molecular weight is 623 g/mol. The smallest absolute Gasteiger partial charge is 0.393 e. The van der Waals surface area contributed by atoms with Gasteiger partial charge in [0, 0.05) is 19.2 Å². The quantitative estimate of drug-likeness (QED) is 0.243. The maximum atomic E-state index is 14.5. The molecule has 14 heteroatoms. The zero-order valence-corrected chi connectivity index (χ0v) is 24.0. The topological polar surface area (TPSA) is 120 Å². The predicted molar refractivity (Wildman–Crippen MR) is 153 cm³/mol. The molecule has 222 valence electrons. The Bertz CT molecular complexity index is 1690. The molecule has 3 aromatic rings. The number of thiophene rings is 1. The van der Waals surface area contributed by atoms with Crippen molar-refractivity contribution in [1.82, 2.24) is 5.32 Å². The fraction of sp³-hybridized carbons (Fsp3) is 0.357. The highest BCUT2D eigenvalue weighted by atomic mass is 32.2. The molecule has 3 N–H and O–H groups in total. The summed E-state index contributed by atoms with van der Waals surface area (Å²) < 4.78 is 84.7. The number of alkyl halides is 3. The van der Waals surface area contributed by atoms with Gasteiger partial charge >= 0.3 is 6.18 Å². The number of halogens is 4. The second-order valence-electron chi connectivity index (χ2n) is 9.46. The number of nitrogens with zero attached hydrogens (tertiary/aromatic N) is 1. The summed E-state index contributed by atoms with van der Waals surface area (Å²) in [5.74, 6) is 4.17. The van der Waals surface area contributed by atoms with E-state index in [1.165, 1.54) is 7.05 Å². The molecule has 42 heavy (non-hydrogen) atoms. The summed E-state index contributed by atoms with van der Waals surface area (Å²) >= 11 is 1.10. The summed E-state index contributed by atoms with van der Waals surface area (Å²) in [5.41, 5.74) is 0.465. The average Bonchev–Trinajstić information content (AvgIpc) is 3.27. The maximum absolute atomic E-state index is 14.5. The van der Waals surface area contributed by atoms with Crippen LogP contribution in [0.5, 0.6) is 5.75 Å². The van der Waals surface area contributed by atoms with Crippen LogP contribution in [0.3, 0.4) is 0 Å². The van der Waals surface area contributed by atoms with Gasteiger partial charge in [0.25, 0.3) is 5.91 Å². The molecular weight excluding hydrogens is 596 g/mol. The molecule has 1 fully saturated rings. The Labute approximate surface area is 244 Å². The molecule has 1 aliphatic heterocycles. The molecule has 0 radical (unpaired) electrons. The van der Waals surface area contributed by atoms with Crippen molar-refractivity contribution in [1.29, 1.82) is 5.26 Å². The lowest BCUT2D eigenvalue weighted by atomic mass is 10.1. The van der Waals surface area contributed by atoms with Crippen molar-refractivity contribution < 1.29 is 35.5 Å². The first-order chi connectivity index (χ1) is 19.9. The Morgan fingerprint density at radius 1 is 1.19 bits per heavy atom. The van der Waals surface area contributed by atoms with E-state index >= 15 is 0 Å². The first kappa shape index (κ1) is 30.9. The molecule has 1 aliphatic rings. The standard InChI is InChI=1S/C28H26F4N4O4S2/c1-34-27(37)19-14-24(40-11-9-33)23(15-21(19)29)35-10-3-6-25-20(16-28(30,31)32)18-4-2-5-22(26(18)41-25)36-17-7-12-42(38,39)13-8-17/h2,4-5,14-15,17,35-36H,7-8,10-13,16H2,1H3,(H,34,37). The molecule has 1 amide bonds. The van der Waals surface area contributed by atoms with Crippen LogP contribution in [0.2, 0.25) is 0 Å². The lowest BCUT2D eigenvalue weighted by Gasteiger charge is -2.24. The number of hydrogen-bond acceptors (Lipinski definition) is 8. The van der Waals surface area contributed by atoms with Crippen molar-refractivity contribution in [2.75, 3.05) is 42.3 Å². The SMILES string of the molecule is CNC(=O)c1cc(OCC#N)c(NCC#Cc2sc3c(NC4CCS(=O)(=O)CC4)cccc3c2CC(F)(F)F)cc1F. The van der Waals surface area contributed by atoms with Crippen LogP contribution in [0.1, 0.15) is 33.6 Å². The summed E-state index contributed by atoms with van der Waals surface area (Å²) in [4.78, 5) is 12.1. The van der Waals surface area contributed by atoms with Crippen molar-refractivity contribution in [3.63, 3.8) is 0 Å². The van der Waals surface area contributed by atoms with Crippen LogP contribution < -0.4 is 20.7 Å². The summed E-state index contributed by atoms with van der Waals surface area (Å²) in [7, 11) is -1.74. The number of fused-ring (bicyclic) bond motifs is 1. The molecule has 4 rings (SSSR count). The number of ether oxygens (including phenoxy) is 1. The van der Waals surface area contributed by atoms with Gasteiger partial charge in [0.15, 0.2) is 6.61 Å². The molecule has 0 unspecified atom stereocenters. The van der Waals surface area contributed by atoms with E-state index < -0.39 is 34.2 Å². The molecule has 1 aromatic heterocycles. The number of nitrogens with one attached hydrogen (secondary N) is 3. The molecular formula is C28H26F4N4O4S2. The lowest BCUT2D eigenvalue weighted by Crippen LogP contribution is -2.32. The van der Waals surface area contributed by atoms with E-state index in [9.17, 15) is 30.8 Å². The van der Waals surface area contributed by atoms with E-state index in [2.05, 4.69) is 27.8 Å². The molecule has 0 atom stereocenters. The monoisotopic (exact) mass is 622 g/mol. The largest absolute Gasteiger partial charge is 0.477 e. The second kappa shape index (κ2) is 12.9. The normalized spacial score (nSPS) is 14.9. The van der Waals surface area contributed by atoms with E-state index in [4.69, 9.17) is 10.00 Å². The first-order valence-electron chi connectivity index (χ1n) is 12.8. The zero-order valence-electron chi connectivity index (χ0n) is 22.3. The van der Waals surface area contributed by atoms with E-state index in [1.54, 1.807) is 24.3 Å². The number of carbonyl (C=O) groups excluding carboxylic acids is 1. The van der Waals surface area contributed by atoms with Crippen LogP contribution in [-0.4, -0.2) is 58.2 Å². The Hall–Kier alpha value is -4.01. The Morgan fingerprint density at radius 2 is 1.93 bits per heavy atom. The Balaban J connectivity index is 1.61. The van der Waals surface area contributed by atoms with Crippen LogP contribution >= 0.6 is 11.3 Å². The van der Waals surface area contributed by atoms with E-state index in [0.717, 1.165) is 23.5 Å². The number of hydrogen-bond donors (Lipinski definition) is 3. The van der Waals surface area contributed by atoms with Gasteiger partial charge in [-0.15, -0.1) is 11.3 Å². The summed E-state index contributed by atoms with van der Waals surface area (Å²) in [5, 5.41) is 17.7. The third-order valence-electron chi connectivity index (χ3n) is 6.51. The molecule has 1 saturated heterocycles. The fourth-order valence-corrected chi connectivity index (χ4v) is 7.17. The van der Waals surface area contributed by atoms with Gasteiger partial charge in [-0.2, -0.15) is 18.4 Å². The highest BCUT2D eigenvalue weighted by molar-refractivity contribution is 7.91. The van der Waals surface area contributed by atoms with Crippen molar-refractivity contribution in [3.8, 4) is 23.7 Å². The highest BCUT2D eigenvalue weighted by Crippen LogP contribution is 2.39. The second-order valence-corrected chi connectivity index (χ2v) is 12.8. The van der Waals surface area contributed by atoms with Crippen LogP contribution in [0.15, 0.2) is 30.3 Å². The Kier molecular flexibility index (Phi) is 9.49. The maximum Gasteiger partial charge on any atom is 0.393 e. The van der Waals surface area contributed by atoms with Gasteiger partial charge < -0.3 is 20.7 Å². The first-order valence-corrected chi connectivity index (χ1v) is 15.4. The van der Waals surface area contributed by atoms with Gasteiger partial charge in [-0.25, -0.2) is 12.8 Å². The fourth-order valence-electron chi connectivity index (χ4n) is 4.51. The van der Waals surface area contributed by atoms with E-state index in [-0.39, 0.29) is 58.1 Å². The Morgan fingerprint density at radius 3 is 2.60 bits per heavy atom. The lowest BCUT2D eigenvalue weighted by molar-refractivity contribution is -0.126. The van der Waals surface area contributed by atoms with Crippen molar-refractivity contribution in [2.24, 2.45) is 0 Å². The third-order valence-corrected chi connectivity index (χ3v) is 9.42. The van der Waals surface area contributed by atoms with Crippen LogP contribution in [0.4, 0.5) is 28.9 Å².